The zero-order chi connectivity index (χ0) is 13.7. The van der Waals surface area contributed by atoms with Gasteiger partial charge in [0.25, 0.3) is 0 Å². The number of nitrogens with one attached hydrogen (secondary N) is 1. The van der Waals surface area contributed by atoms with Crippen LogP contribution in [0.25, 0.3) is 0 Å². The average molecular weight is 278 g/mol. The molecule has 0 unspecified atom stereocenters. The Labute approximate surface area is 114 Å². The summed E-state index contributed by atoms with van der Waals surface area (Å²) < 4.78 is 4.86. The Morgan fingerprint density at radius 1 is 1.53 bits per heavy atom. The molecule has 0 amide bonds. The molecular formula is C13H14N2O3S. The van der Waals surface area contributed by atoms with Gasteiger partial charge in [0.05, 0.1) is 18.7 Å². The number of ether oxygens (including phenoxy) is 1. The molecule has 0 atom stereocenters. The Morgan fingerprint density at radius 3 is 3.11 bits per heavy atom. The molecule has 0 aliphatic carbocycles. The third kappa shape index (κ3) is 3.96. The van der Waals surface area contributed by atoms with Crippen molar-refractivity contribution in [1.29, 1.82) is 0 Å². The number of hydrogen-bond acceptors (Lipinski definition) is 6. The van der Waals surface area contributed by atoms with Crippen LogP contribution in [-0.2, 0) is 16.0 Å². The molecule has 1 aromatic heterocycles. The van der Waals surface area contributed by atoms with Gasteiger partial charge in [-0.05, 0) is 19.1 Å². The van der Waals surface area contributed by atoms with Crippen molar-refractivity contribution in [3.8, 4) is 5.75 Å². The maximum Gasteiger partial charge on any atom is 0.311 e. The number of anilines is 2. The Kier molecular flexibility index (Phi) is 4.35. The summed E-state index contributed by atoms with van der Waals surface area (Å²) in [7, 11) is 0. The predicted octanol–water partition coefficient (Wildman–Crippen LogP) is 2.70. The highest BCUT2D eigenvalue weighted by Gasteiger charge is 2.08. The average Bonchev–Trinajstić information content (AvgIpc) is 2.76. The van der Waals surface area contributed by atoms with Gasteiger partial charge in [0.15, 0.2) is 5.13 Å². The lowest BCUT2D eigenvalue weighted by molar-refractivity contribution is -0.142. The van der Waals surface area contributed by atoms with Crippen LogP contribution in [-0.4, -0.2) is 22.7 Å². The van der Waals surface area contributed by atoms with Crippen molar-refractivity contribution in [3.05, 3.63) is 35.3 Å². The number of phenolic OH excluding ortho intramolecular Hbond substituents is 1. The largest absolute Gasteiger partial charge is 0.508 e. The van der Waals surface area contributed by atoms with E-state index < -0.39 is 0 Å². The molecule has 0 fully saturated rings. The second-order valence-corrected chi connectivity index (χ2v) is 4.66. The van der Waals surface area contributed by atoms with Crippen LogP contribution >= 0.6 is 11.3 Å². The van der Waals surface area contributed by atoms with E-state index in [4.69, 9.17) is 4.74 Å². The maximum absolute atomic E-state index is 11.3. The van der Waals surface area contributed by atoms with Crippen molar-refractivity contribution in [2.75, 3.05) is 11.9 Å². The van der Waals surface area contributed by atoms with E-state index >= 15 is 0 Å². The number of carbonyl (C=O) groups excluding carboxylic acids is 1. The molecule has 2 aromatic rings. The number of rotatable bonds is 5. The first-order valence-electron chi connectivity index (χ1n) is 5.83. The molecule has 2 rings (SSSR count). The van der Waals surface area contributed by atoms with E-state index in [9.17, 15) is 9.90 Å². The van der Waals surface area contributed by atoms with Gasteiger partial charge in [-0.2, -0.15) is 0 Å². The summed E-state index contributed by atoms with van der Waals surface area (Å²) in [5.74, 6) is -0.0926. The summed E-state index contributed by atoms with van der Waals surface area (Å²) in [5.41, 5.74) is 1.42. The topological polar surface area (TPSA) is 71.5 Å². The number of esters is 1. The molecule has 100 valence electrons. The third-order valence-corrected chi connectivity index (χ3v) is 3.09. The summed E-state index contributed by atoms with van der Waals surface area (Å²) in [6.45, 7) is 2.14. The molecule has 0 saturated heterocycles. The van der Waals surface area contributed by atoms with E-state index in [1.807, 2.05) is 11.4 Å². The van der Waals surface area contributed by atoms with Crippen molar-refractivity contribution >= 4 is 28.1 Å². The predicted molar refractivity (Wildman–Crippen MR) is 73.8 cm³/mol. The van der Waals surface area contributed by atoms with Gasteiger partial charge in [-0.1, -0.05) is 6.07 Å². The second kappa shape index (κ2) is 6.19. The standard InChI is InChI=1S/C13H14N2O3S/c1-2-18-12(17)7-10-8-19-13(15-10)14-9-4-3-5-11(16)6-9/h3-6,8,16H,2,7H2,1H3,(H,14,15). The van der Waals surface area contributed by atoms with Gasteiger partial charge < -0.3 is 15.2 Å². The summed E-state index contributed by atoms with van der Waals surface area (Å²) in [5, 5.41) is 14.9. The summed E-state index contributed by atoms with van der Waals surface area (Å²) in [6, 6.07) is 6.77. The number of phenols is 1. The summed E-state index contributed by atoms with van der Waals surface area (Å²) in [4.78, 5) is 15.6. The highest BCUT2D eigenvalue weighted by molar-refractivity contribution is 7.13. The minimum atomic E-state index is -0.281. The van der Waals surface area contributed by atoms with Crippen molar-refractivity contribution < 1.29 is 14.6 Å². The highest BCUT2D eigenvalue weighted by atomic mass is 32.1. The number of aromatic hydroxyl groups is 1. The first-order chi connectivity index (χ1) is 9.17. The molecule has 0 radical (unpaired) electrons. The van der Waals surface area contributed by atoms with Gasteiger partial charge in [0, 0.05) is 17.1 Å². The molecule has 0 spiro atoms. The van der Waals surface area contributed by atoms with Gasteiger partial charge >= 0.3 is 5.97 Å². The second-order valence-electron chi connectivity index (χ2n) is 3.80. The SMILES string of the molecule is CCOC(=O)Cc1csc(Nc2cccc(O)c2)n1. The molecule has 19 heavy (non-hydrogen) atoms. The normalized spacial score (nSPS) is 10.2. The molecule has 1 heterocycles. The number of hydrogen-bond donors (Lipinski definition) is 2. The molecule has 0 bridgehead atoms. The van der Waals surface area contributed by atoms with E-state index in [-0.39, 0.29) is 18.1 Å². The van der Waals surface area contributed by atoms with E-state index in [0.717, 1.165) is 5.69 Å². The van der Waals surface area contributed by atoms with Crippen molar-refractivity contribution in [2.45, 2.75) is 13.3 Å². The minimum Gasteiger partial charge on any atom is -0.508 e. The molecule has 0 saturated carbocycles. The quantitative estimate of drug-likeness (QED) is 0.823. The number of thiazole rings is 1. The maximum atomic E-state index is 11.3. The molecule has 2 N–H and O–H groups in total. The lowest BCUT2D eigenvalue weighted by atomic mass is 10.3. The summed E-state index contributed by atoms with van der Waals surface area (Å²) in [6.07, 6.45) is 0.173. The lowest BCUT2D eigenvalue weighted by Crippen LogP contribution is -2.07. The van der Waals surface area contributed by atoms with Crippen LogP contribution in [0, 0.1) is 0 Å². The molecular weight excluding hydrogens is 264 g/mol. The van der Waals surface area contributed by atoms with Crippen LogP contribution in [0.2, 0.25) is 0 Å². The fourth-order valence-electron chi connectivity index (χ4n) is 1.51. The van der Waals surface area contributed by atoms with Crippen LogP contribution in [0.5, 0.6) is 5.75 Å². The minimum absolute atomic E-state index is 0.173. The number of aromatic nitrogens is 1. The first-order valence-corrected chi connectivity index (χ1v) is 6.71. The monoisotopic (exact) mass is 278 g/mol. The van der Waals surface area contributed by atoms with Crippen LogP contribution in [0.1, 0.15) is 12.6 Å². The zero-order valence-electron chi connectivity index (χ0n) is 10.4. The lowest BCUT2D eigenvalue weighted by Gasteiger charge is -2.02. The smallest absolute Gasteiger partial charge is 0.311 e. The number of nitrogens with zero attached hydrogens (tertiary/aromatic N) is 1. The zero-order valence-corrected chi connectivity index (χ0v) is 11.2. The van der Waals surface area contributed by atoms with E-state index in [1.54, 1.807) is 25.1 Å². The van der Waals surface area contributed by atoms with Gasteiger partial charge in [0.1, 0.15) is 5.75 Å². The number of benzene rings is 1. The van der Waals surface area contributed by atoms with Crippen LogP contribution < -0.4 is 5.32 Å². The van der Waals surface area contributed by atoms with Gasteiger partial charge in [-0.15, -0.1) is 11.3 Å². The van der Waals surface area contributed by atoms with Gasteiger partial charge in [0.2, 0.25) is 0 Å². The highest BCUT2D eigenvalue weighted by Crippen LogP contribution is 2.23. The Bertz CT molecular complexity index is 569. The van der Waals surface area contributed by atoms with Crippen molar-refractivity contribution in [2.24, 2.45) is 0 Å². The van der Waals surface area contributed by atoms with E-state index in [1.165, 1.54) is 11.3 Å². The number of carbonyl (C=O) groups is 1. The van der Waals surface area contributed by atoms with Crippen LogP contribution in [0.4, 0.5) is 10.8 Å². The molecule has 5 nitrogen and oxygen atoms in total. The summed E-state index contributed by atoms with van der Waals surface area (Å²) >= 11 is 1.40. The Hall–Kier alpha value is -2.08. The van der Waals surface area contributed by atoms with E-state index in [2.05, 4.69) is 10.3 Å². The van der Waals surface area contributed by atoms with Crippen LogP contribution in [0.15, 0.2) is 29.6 Å². The Balaban J connectivity index is 1.99. The third-order valence-electron chi connectivity index (χ3n) is 2.28. The van der Waals surface area contributed by atoms with Gasteiger partial charge in [-0.25, -0.2) is 4.98 Å². The molecule has 1 aromatic carbocycles. The van der Waals surface area contributed by atoms with Crippen molar-refractivity contribution in [3.63, 3.8) is 0 Å². The molecule has 0 aliphatic heterocycles. The van der Waals surface area contributed by atoms with E-state index in [0.29, 0.717) is 17.4 Å². The Morgan fingerprint density at radius 2 is 2.37 bits per heavy atom. The fourth-order valence-corrected chi connectivity index (χ4v) is 2.24. The van der Waals surface area contributed by atoms with Crippen LogP contribution in [0.3, 0.4) is 0 Å². The molecule has 0 aliphatic rings. The van der Waals surface area contributed by atoms with Gasteiger partial charge in [-0.3, -0.25) is 4.79 Å². The van der Waals surface area contributed by atoms with Crippen molar-refractivity contribution in [1.82, 2.24) is 4.98 Å². The first kappa shape index (κ1) is 13.4. The fraction of sp³-hybridized carbons (Fsp3) is 0.231. The molecule has 6 heteroatoms.